The monoisotopic (exact) mass is 312 g/mol. The number of aromatic nitrogens is 2. The van der Waals surface area contributed by atoms with Crippen molar-refractivity contribution in [3.8, 4) is 0 Å². The van der Waals surface area contributed by atoms with E-state index in [-0.39, 0.29) is 18.4 Å². The average Bonchev–Trinajstić information content (AvgIpc) is 3.07. The van der Waals surface area contributed by atoms with Gasteiger partial charge in [-0.3, -0.25) is 14.6 Å². The summed E-state index contributed by atoms with van der Waals surface area (Å²) in [6, 6.07) is 9.29. The van der Waals surface area contributed by atoms with Gasteiger partial charge < -0.3 is 10.6 Å². The van der Waals surface area contributed by atoms with E-state index in [1.165, 1.54) is 11.3 Å². The molecule has 2 N–H and O–H groups in total. The molecule has 3 rings (SSSR count). The number of rotatable bonds is 4. The summed E-state index contributed by atoms with van der Waals surface area (Å²) in [5, 5.41) is 7.84. The maximum absolute atomic E-state index is 12.0. The standard InChI is InChI=1S/C15H12N4O2S/c20-13(7-17-15(21)12-8-22-9-18-12)19-11-5-1-3-10-4-2-6-16-14(10)11/h1-6,8-9H,7H2,(H,17,21)(H,19,20). The van der Waals surface area contributed by atoms with Crippen molar-refractivity contribution >= 4 is 39.7 Å². The van der Waals surface area contributed by atoms with Gasteiger partial charge >= 0.3 is 0 Å². The zero-order valence-electron chi connectivity index (χ0n) is 11.4. The molecule has 0 saturated heterocycles. The number of pyridine rings is 1. The van der Waals surface area contributed by atoms with Crippen molar-refractivity contribution in [3.63, 3.8) is 0 Å². The number of fused-ring (bicyclic) bond motifs is 1. The lowest BCUT2D eigenvalue weighted by Gasteiger charge is -2.08. The third kappa shape index (κ3) is 3.09. The molecule has 0 bridgehead atoms. The number of hydrogen-bond acceptors (Lipinski definition) is 5. The van der Waals surface area contributed by atoms with Gasteiger partial charge in [0, 0.05) is 17.0 Å². The maximum Gasteiger partial charge on any atom is 0.271 e. The summed E-state index contributed by atoms with van der Waals surface area (Å²) >= 11 is 1.33. The van der Waals surface area contributed by atoms with Gasteiger partial charge in [0.15, 0.2) is 0 Å². The average molecular weight is 312 g/mol. The number of benzene rings is 1. The van der Waals surface area contributed by atoms with Gasteiger partial charge in [0.25, 0.3) is 5.91 Å². The predicted molar refractivity (Wildman–Crippen MR) is 84.8 cm³/mol. The Morgan fingerprint density at radius 1 is 1.14 bits per heavy atom. The van der Waals surface area contributed by atoms with Gasteiger partial charge in [0.1, 0.15) is 5.69 Å². The number of carbonyl (C=O) groups excluding carboxylic acids is 2. The number of hydrogen-bond donors (Lipinski definition) is 2. The molecule has 0 atom stereocenters. The predicted octanol–water partition coefficient (Wildman–Crippen LogP) is 2.06. The van der Waals surface area contributed by atoms with Crippen LogP contribution >= 0.6 is 11.3 Å². The third-order valence-electron chi connectivity index (χ3n) is 2.98. The molecule has 6 nitrogen and oxygen atoms in total. The van der Waals surface area contributed by atoms with E-state index >= 15 is 0 Å². The summed E-state index contributed by atoms with van der Waals surface area (Å²) in [7, 11) is 0. The van der Waals surface area contributed by atoms with Gasteiger partial charge in [-0.1, -0.05) is 18.2 Å². The van der Waals surface area contributed by atoms with Gasteiger partial charge in [0.05, 0.1) is 23.3 Å². The number of amides is 2. The van der Waals surface area contributed by atoms with E-state index in [0.29, 0.717) is 16.9 Å². The molecular weight excluding hydrogens is 300 g/mol. The van der Waals surface area contributed by atoms with E-state index in [4.69, 9.17) is 0 Å². The second-order valence-corrected chi connectivity index (χ2v) is 5.20. The Balaban J connectivity index is 1.65. The van der Waals surface area contributed by atoms with Crippen molar-refractivity contribution in [2.75, 3.05) is 11.9 Å². The van der Waals surface area contributed by atoms with E-state index in [2.05, 4.69) is 20.6 Å². The first-order valence-electron chi connectivity index (χ1n) is 6.54. The van der Waals surface area contributed by atoms with E-state index in [9.17, 15) is 9.59 Å². The van der Waals surface area contributed by atoms with E-state index in [0.717, 1.165) is 5.39 Å². The van der Waals surface area contributed by atoms with Gasteiger partial charge in [-0.15, -0.1) is 11.3 Å². The van der Waals surface area contributed by atoms with Crippen LogP contribution in [0.2, 0.25) is 0 Å². The molecule has 110 valence electrons. The first-order chi connectivity index (χ1) is 10.7. The van der Waals surface area contributed by atoms with Crippen LogP contribution in [0.4, 0.5) is 5.69 Å². The number of carbonyl (C=O) groups is 2. The quantitative estimate of drug-likeness (QED) is 0.772. The van der Waals surface area contributed by atoms with Crippen molar-refractivity contribution in [1.82, 2.24) is 15.3 Å². The number of nitrogens with one attached hydrogen (secondary N) is 2. The summed E-state index contributed by atoms with van der Waals surface area (Å²) in [5.74, 6) is -0.686. The van der Waals surface area contributed by atoms with Crippen molar-refractivity contribution in [1.29, 1.82) is 0 Å². The fourth-order valence-electron chi connectivity index (χ4n) is 1.98. The molecule has 2 amide bonds. The minimum atomic E-state index is -0.368. The van der Waals surface area contributed by atoms with Gasteiger partial charge in [-0.2, -0.15) is 0 Å². The van der Waals surface area contributed by atoms with Crippen LogP contribution in [0, 0.1) is 0 Å². The number of thiazole rings is 1. The largest absolute Gasteiger partial charge is 0.342 e. The van der Waals surface area contributed by atoms with Crippen molar-refractivity contribution in [2.24, 2.45) is 0 Å². The normalized spacial score (nSPS) is 10.4. The molecule has 22 heavy (non-hydrogen) atoms. The van der Waals surface area contributed by atoms with E-state index in [1.54, 1.807) is 23.2 Å². The lowest BCUT2D eigenvalue weighted by atomic mass is 10.2. The van der Waals surface area contributed by atoms with Crippen LogP contribution < -0.4 is 10.6 Å². The number of nitrogens with zero attached hydrogens (tertiary/aromatic N) is 2. The highest BCUT2D eigenvalue weighted by Gasteiger charge is 2.10. The summed E-state index contributed by atoms with van der Waals surface area (Å²) in [5.41, 5.74) is 3.20. The Kier molecular flexibility index (Phi) is 4.06. The van der Waals surface area contributed by atoms with Crippen LogP contribution in [-0.2, 0) is 4.79 Å². The molecule has 0 spiro atoms. The molecule has 0 radical (unpaired) electrons. The minimum absolute atomic E-state index is 0.125. The van der Waals surface area contributed by atoms with Crippen LogP contribution in [-0.4, -0.2) is 28.3 Å². The lowest BCUT2D eigenvalue weighted by Crippen LogP contribution is -2.33. The molecule has 0 aliphatic carbocycles. The molecule has 2 aromatic heterocycles. The topological polar surface area (TPSA) is 84.0 Å². The Labute approximate surface area is 130 Å². The Bertz CT molecular complexity index is 812. The Hall–Kier alpha value is -2.80. The minimum Gasteiger partial charge on any atom is -0.342 e. The molecule has 0 fully saturated rings. The van der Waals surface area contributed by atoms with Crippen LogP contribution in [0.15, 0.2) is 47.4 Å². The molecule has 0 unspecified atom stereocenters. The van der Waals surface area contributed by atoms with Crippen molar-refractivity contribution in [3.05, 3.63) is 53.1 Å². The number of anilines is 1. The van der Waals surface area contributed by atoms with Gasteiger partial charge in [0.2, 0.25) is 5.91 Å². The highest BCUT2D eigenvalue weighted by Crippen LogP contribution is 2.20. The van der Waals surface area contributed by atoms with E-state index < -0.39 is 0 Å². The first kappa shape index (κ1) is 14.2. The fourth-order valence-corrected chi connectivity index (χ4v) is 2.51. The molecular formula is C15H12N4O2S. The van der Waals surface area contributed by atoms with Crippen LogP contribution in [0.1, 0.15) is 10.5 Å². The summed E-state index contributed by atoms with van der Waals surface area (Å²) in [6.45, 7) is -0.125. The molecule has 0 aliphatic heterocycles. The molecule has 3 aromatic rings. The molecule has 2 heterocycles. The summed E-state index contributed by atoms with van der Waals surface area (Å²) < 4.78 is 0. The van der Waals surface area contributed by atoms with Crippen molar-refractivity contribution < 1.29 is 9.59 Å². The van der Waals surface area contributed by atoms with Crippen molar-refractivity contribution in [2.45, 2.75) is 0 Å². The highest BCUT2D eigenvalue weighted by molar-refractivity contribution is 7.07. The van der Waals surface area contributed by atoms with E-state index in [1.807, 2.05) is 24.3 Å². The number of para-hydroxylation sites is 1. The van der Waals surface area contributed by atoms with Crippen LogP contribution in [0.3, 0.4) is 0 Å². The molecule has 1 aromatic carbocycles. The first-order valence-corrected chi connectivity index (χ1v) is 7.48. The van der Waals surface area contributed by atoms with Crippen LogP contribution in [0.5, 0.6) is 0 Å². The zero-order chi connectivity index (χ0) is 15.4. The Morgan fingerprint density at radius 2 is 2.00 bits per heavy atom. The van der Waals surface area contributed by atoms with Gasteiger partial charge in [-0.05, 0) is 12.1 Å². The summed E-state index contributed by atoms with van der Waals surface area (Å²) in [6.07, 6.45) is 1.67. The van der Waals surface area contributed by atoms with Gasteiger partial charge in [-0.25, -0.2) is 4.98 Å². The fraction of sp³-hybridized carbons (Fsp3) is 0.0667. The smallest absolute Gasteiger partial charge is 0.271 e. The lowest BCUT2D eigenvalue weighted by molar-refractivity contribution is -0.115. The summed E-state index contributed by atoms with van der Waals surface area (Å²) in [4.78, 5) is 31.8. The SMILES string of the molecule is O=C(CNC(=O)c1cscn1)Nc1cccc2cccnc12. The Morgan fingerprint density at radius 3 is 2.82 bits per heavy atom. The highest BCUT2D eigenvalue weighted by atomic mass is 32.1. The zero-order valence-corrected chi connectivity index (χ0v) is 12.3. The maximum atomic E-state index is 12.0. The molecule has 0 saturated carbocycles. The van der Waals surface area contributed by atoms with Crippen LogP contribution in [0.25, 0.3) is 10.9 Å². The third-order valence-corrected chi connectivity index (χ3v) is 3.57. The molecule has 7 heteroatoms. The molecule has 0 aliphatic rings. The second-order valence-electron chi connectivity index (χ2n) is 4.49. The second kappa shape index (κ2) is 6.31.